The maximum absolute atomic E-state index is 13.4. The summed E-state index contributed by atoms with van der Waals surface area (Å²) < 4.78 is 18.5. The van der Waals surface area contributed by atoms with E-state index in [0.29, 0.717) is 17.3 Å². The highest BCUT2D eigenvalue weighted by atomic mass is 35.5. The molecule has 0 aliphatic rings. The third-order valence-corrected chi connectivity index (χ3v) is 4.80. The van der Waals surface area contributed by atoms with Crippen molar-refractivity contribution in [1.29, 1.82) is 0 Å². The molecule has 30 heavy (non-hydrogen) atoms. The van der Waals surface area contributed by atoms with Gasteiger partial charge < -0.3 is 10.1 Å². The number of methoxy groups -OCH3 is 1. The van der Waals surface area contributed by atoms with Gasteiger partial charge in [-0.05, 0) is 30.3 Å². The SMILES string of the molecule is COc1ccc(N(Cc2[nH]nc3ccccc23)C(=O)Nc2ccc(F)c(Cl)c2)cn1. The maximum Gasteiger partial charge on any atom is 0.326 e. The van der Waals surface area contributed by atoms with E-state index in [1.807, 2.05) is 24.3 Å². The molecule has 0 saturated carbocycles. The van der Waals surface area contributed by atoms with Crippen molar-refractivity contribution in [3.8, 4) is 5.88 Å². The van der Waals surface area contributed by atoms with Crippen LogP contribution in [0.15, 0.2) is 60.8 Å². The standard InChI is InChI=1S/C21H17ClFN5O2/c1-30-20-9-7-14(11-24-20)28(12-19-15-4-2-3-5-18(15)26-27-19)21(29)25-13-6-8-17(23)16(22)10-13/h2-11H,12H2,1H3,(H,25,29)(H,26,27). The molecule has 0 saturated heterocycles. The van der Waals surface area contributed by atoms with Gasteiger partial charge in [-0.25, -0.2) is 14.2 Å². The number of halogens is 2. The molecule has 2 aromatic carbocycles. The average Bonchev–Trinajstić information content (AvgIpc) is 3.17. The first kappa shape index (κ1) is 19.7. The second-order valence-electron chi connectivity index (χ2n) is 6.42. The number of carbonyl (C=O) groups excluding carboxylic acids is 1. The first-order valence-corrected chi connectivity index (χ1v) is 9.38. The van der Waals surface area contributed by atoms with Crippen molar-refractivity contribution in [2.45, 2.75) is 6.54 Å². The Morgan fingerprint density at radius 1 is 1.23 bits per heavy atom. The van der Waals surface area contributed by atoms with Crippen LogP contribution in [0.25, 0.3) is 10.9 Å². The molecule has 4 aromatic rings. The Bertz CT molecular complexity index is 1200. The third-order valence-electron chi connectivity index (χ3n) is 4.51. The molecule has 9 heteroatoms. The summed E-state index contributed by atoms with van der Waals surface area (Å²) in [6, 6.07) is 14.5. The van der Waals surface area contributed by atoms with E-state index in [0.717, 1.165) is 16.6 Å². The third kappa shape index (κ3) is 4.04. The Hall–Kier alpha value is -3.65. The highest BCUT2D eigenvalue weighted by Gasteiger charge is 2.20. The van der Waals surface area contributed by atoms with E-state index in [2.05, 4.69) is 20.5 Å². The Morgan fingerprint density at radius 3 is 2.80 bits per heavy atom. The summed E-state index contributed by atoms with van der Waals surface area (Å²) >= 11 is 5.83. The molecule has 0 fully saturated rings. The molecule has 0 aliphatic carbocycles. The Kier molecular flexibility index (Phi) is 5.49. The van der Waals surface area contributed by atoms with Crippen molar-refractivity contribution in [3.63, 3.8) is 0 Å². The van der Waals surface area contributed by atoms with Crippen molar-refractivity contribution in [2.75, 3.05) is 17.3 Å². The molecule has 0 spiro atoms. The monoisotopic (exact) mass is 425 g/mol. The van der Waals surface area contributed by atoms with E-state index >= 15 is 0 Å². The van der Waals surface area contributed by atoms with Crippen LogP contribution in [-0.2, 0) is 6.54 Å². The fourth-order valence-electron chi connectivity index (χ4n) is 2.99. The molecule has 152 valence electrons. The van der Waals surface area contributed by atoms with Gasteiger partial charge in [-0.15, -0.1) is 0 Å². The minimum atomic E-state index is -0.560. The average molecular weight is 426 g/mol. The number of benzene rings is 2. The van der Waals surface area contributed by atoms with E-state index in [1.165, 1.54) is 36.4 Å². The van der Waals surface area contributed by atoms with Gasteiger partial charge in [-0.2, -0.15) is 5.10 Å². The number of para-hydroxylation sites is 1. The summed E-state index contributed by atoms with van der Waals surface area (Å²) in [5.74, 6) is -0.133. The molecule has 7 nitrogen and oxygen atoms in total. The van der Waals surface area contributed by atoms with Crippen molar-refractivity contribution in [1.82, 2.24) is 15.2 Å². The lowest BCUT2D eigenvalue weighted by molar-refractivity contribution is 0.256. The highest BCUT2D eigenvalue weighted by molar-refractivity contribution is 6.31. The second-order valence-corrected chi connectivity index (χ2v) is 6.83. The number of rotatable bonds is 5. The Morgan fingerprint density at radius 2 is 2.07 bits per heavy atom. The molecular weight excluding hydrogens is 409 g/mol. The Balaban J connectivity index is 1.66. The molecule has 0 unspecified atom stereocenters. The van der Waals surface area contributed by atoms with Gasteiger partial charge in [0.15, 0.2) is 0 Å². The molecule has 2 aromatic heterocycles. The number of nitrogens with one attached hydrogen (secondary N) is 2. The summed E-state index contributed by atoms with van der Waals surface area (Å²) in [5.41, 5.74) is 2.47. The van der Waals surface area contributed by atoms with E-state index in [4.69, 9.17) is 16.3 Å². The largest absolute Gasteiger partial charge is 0.481 e. The molecule has 0 aliphatic heterocycles. The lowest BCUT2D eigenvalue weighted by Gasteiger charge is -2.23. The van der Waals surface area contributed by atoms with Crippen molar-refractivity contribution in [3.05, 3.63) is 77.3 Å². The Labute approximate surface area is 176 Å². The molecule has 0 radical (unpaired) electrons. The number of hydrogen-bond donors (Lipinski definition) is 2. The van der Waals surface area contributed by atoms with E-state index in [1.54, 1.807) is 12.1 Å². The molecular formula is C21H17ClFN5O2. The van der Waals surface area contributed by atoms with Gasteiger partial charge in [0.05, 0.1) is 41.8 Å². The van der Waals surface area contributed by atoms with Crippen molar-refractivity contribution in [2.24, 2.45) is 0 Å². The number of aromatic amines is 1. The zero-order valence-electron chi connectivity index (χ0n) is 15.9. The fourth-order valence-corrected chi connectivity index (χ4v) is 3.17. The van der Waals surface area contributed by atoms with Gasteiger partial charge in [0, 0.05) is 17.1 Å². The first-order chi connectivity index (χ1) is 14.5. The number of carbonyl (C=O) groups is 1. The number of nitrogens with zero attached hydrogens (tertiary/aromatic N) is 3. The van der Waals surface area contributed by atoms with Gasteiger partial charge in [0.2, 0.25) is 5.88 Å². The van der Waals surface area contributed by atoms with E-state index in [9.17, 15) is 9.18 Å². The number of hydrogen-bond acceptors (Lipinski definition) is 4. The number of urea groups is 1. The van der Waals surface area contributed by atoms with E-state index < -0.39 is 11.8 Å². The highest BCUT2D eigenvalue weighted by Crippen LogP contribution is 2.24. The van der Waals surface area contributed by atoms with Crippen LogP contribution in [-0.4, -0.2) is 28.3 Å². The first-order valence-electron chi connectivity index (χ1n) is 9.01. The number of H-pyrrole nitrogens is 1. The predicted octanol–water partition coefficient (Wildman–Crippen LogP) is 5.00. The molecule has 0 bridgehead atoms. The van der Waals surface area contributed by atoms with Crippen LogP contribution in [0.5, 0.6) is 5.88 Å². The lowest BCUT2D eigenvalue weighted by Crippen LogP contribution is -2.34. The van der Waals surface area contributed by atoms with Crippen molar-refractivity contribution < 1.29 is 13.9 Å². The second kappa shape index (κ2) is 8.38. The van der Waals surface area contributed by atoms with Crippen LogP contribution >= 0.6 is 11.6 Å². The fraction of sp³-hybridized carbons (Fsp3) is 0.0952. The smallest absolute Gasteiger partial charge is 0.326 e. The number of ether oxygens (including phenoxy) is 1. The molecule has 2 N–H and O–H groups in total. The van der Waals surface area contributed by atoms with Crippen LogP contribution in [0.4, 0.5) is 20.6 Å². The summed E-state index contributed by atoms with van der Waals surface area (Å²) in [4.78, 5) is 18.8. The van der Waals surface area contributed by atoms with Gasteiger partial charge >= 0.3 is 6.03 Å². The minimum absolute atomic E-state index is 0.0787. The number of amides is 2. The number of anilines is 2. The molecule has 4 rings (SSSR count). The van der Waals surface area contributed by atoms with Crippen LogP contribution in [0, 0.1) is 5.82 Å². The van der Waals surface area contributed by atoms with Crippen LogP contribution in [0.1, 0.15) is 5.69 Å². The summed E-state index contributed by atoms with van der Waals surface area (Å²) in [7, 11) is 1.52. The van der Waals surface area contributed by atoms with E-state index in [-0.39, 0.29) is 11.6 Å². The zero-order chi connectivity index (χ0) is 21.1. The lowest BCUT2D eigenvalue weighted by atomic mass is 10.2. The van der Waals surface area contributed by atoms with Crippen molar-refractivity contribution >= 4 is 39.9 Å². The van der Waals surface area contributed by atoms with Crippen LogP contribution < -0.4 is 15.0 Å². The van der Waals surface area contributed by atoms with Gasteiger partial charge in [0.1, 0.15) is 5.82 Å². The number of pyridine rings is 1. The van der Waals surface area contributed by atoms with Gasteiger partial charge in [-0.3, -0.25) is 10.00 Å². The van der Waals surface area contributed by atoms with Gasteiger partial charge in [0.25, 0.3) is 0 Å². The molecule has 2 heterocycles. The number of fused-ring (bicyclic) bond motifs is 1. The van der Waals surface area contributed by atoms with Crippen LogP contribution in [0.2, 0.25) is 5.02 Å². The number of aromatic nitrogens is 3. The quantitative estimate of drug-likeness (QED) is 0.471. The zero-order valence-corrected chi connectivity index (χ0v) is 16.7. The summed E-state index contributed by atoms with van der Waals surface area (Å²) in [6.45, 7) is 0.204. The predicted molar refractivity (Wildman–Crippen MR) is 113 cm³/mol. The normalized spacial score (nSPS) is 10.8. The maximum atomic E-state index is 13.4. The van der Waals surface area contributed by atoms with Gasteiger partial charge in [-0.1, -0.05) is 29.8 Å². The van der Waals surface area contributed by atoms with Crippen LogP contribution in [0.3, 0.4) is 0 Å². The summed E-state index contributed by atoms with van der Waals surface area (Å²) in [6.07, 6.45) is 1.54. The molecule has 0 atom stereocenters. The molecule has 2 amide bonds. The minimum Gasteiger partial charge on any atom is -0.481 e. The topological polar surface area (TPSA) is 83.1 Å². The summed E-state index contributed by atoms with van der Waals surface area (Å²) in [5, 5.41) is 10.8.